The van der Waals surface area contributed by atoms with E-state index in [1.54, 1.807) is 18.7 Å². The van der Waals surface area contributed by atoms with Crippen LogP contribution in [0.2, 0.25) is 0 Å². The standard InChI is InChI=1S/C20H22N8O/c1-20(4-5-20)29-14-2-3-16(21)15(6-14)19(22)17-7-18(24-10-23-17)27-8-13(9-27)28-11-25-26-12-28/h2-3,6-7,10-13,22H,4-5,8-9,21H2,1H3. The van der Waals surface area contributed by atoms with E-state index in [1.807, 2.05) is 22.8 Å². The van der Waals surface area contributed by atoms with Crippen molar-refractivity contribution in [3.05, 3.63) is 54.5 Å². The van der Waals surface area contributed by atoms with E-state index in [0.717, 1.165) is 37.5 Å². The molecule has 3 heterocycles. The highest BCUT2D eigenvalue weighted by atomic mass is 16.5. The van der Waals surface area contributed by atoms with E-state index in [4.69, 9.17) is 15.9 Å². The fraction of sp³-hybridized carbons (Fsp3) is 0.350. The summed E-state index contributed by atoms with van der Waals surface area (Å²) in [7, 11) is 0. The first kappa shape index (κ1) is 17.6. The minimum Gasteiger partial charge on any atom is -0.488 e. The molecule has 148 valence electrons. The number of aromatic nitrogens is 5. The van der Waals surface area contributed by atoms with Gasteiger partial charge in [-0.1, -0.05) is 0 Å². The molecule has 1 saturated carbocycles. The summed E-state index contributed by atoms with van der Waals surface area (Å²) in [6.07, 6.45) is 7.04. The van der Waals surface area contributed by atoms with Gasteiger partial charge in [-0.05, 0) is 38.0 Å². The second-order valence-electron chi connectivity index (χ2n) is 7.91. The van der Waals surface area contributed by atoms with Crippen LogP contribution in [0.3, 0.4) is 0 Å². The Morgan fingerprint density at radius 2 is 1.93 bits per heavy atom. The molecule has 0 amide bonds. The van der Waals surface area contributed by atoms with Gasteiger partial charge in [-0.25, -0.2) is 9.97 Å². The van der Waals surface area contributed by atoms with Crippen molar-refractivity contribution < 1.29 is 4.74 Å². The molecule has 1 aliphatic heterocycles. The summed E-state index contributed by atoms with van der Waals surface area (Å²) in [5, 5.41) is 16.4. The molecule has 1 aromatic carbocycles. The van der Waals surface area contributed by atoms with Crippen molar-refractivity contribution in [2.75, 3.05) is 23.7 Å². The van der Waals surface area contributed by atoms with Crippen molar-refractivity contribution in [1.82, 2.24) is 24.7 Å². The number of hydrogen-bond donors (Lipinski definition) is 2. The number of hydrogen-bond acceptors (Lipinski definition) is 8. The molecule has 5 rings (SSSR count). The number of ether oxygens (including phenoxy) is 1. The summed E-state index contributed by atoms with van der Waals surface area (Å²) >= 11 is 0. The van der Waals surface area contributed by atoms with Crippen LogP contribution in [0.25, 0.3) is 0 Å². The maximum Gasteiger partial charge on any atom is 0.132 e. The number of rotatable bonds is 6. The van der Waals surface area contributed by atoms with Gasteiger partial charge in [0.1, 0.15) is 36.2 Å². The normalized spacial score (nSPS) is 17.6. The van der Waals surface area contributed by atoms with Crippen LogP contribution in [0.15, 0.2) is 43.2 Å². The molecule has 2 aliphatic rings. The Morgan fingerprint density at radius 1 is 1.17 bits per heavy atom. The Balaban J connectivity index is 1.34. The van der Waals surface area contributed by atoms with Crippen molar-refractivity contribution >= 4 is 17.2 Å². The highest BCUT2D eigenvalue weighted by Gasteiger charge is 2.40. The van der Waals surface area contributed by atoms with Gasteiger partial charge in [-0.15, -0.1) is 10.2 Å². The minimum absolute atomic E-state index is 0.0868. The zero-order valence-corrected chi connectivity index (χ0v) is 16.1. The Labute approximate surface area is 168 Å². The molecule has 29 heavy (non-hydrogen) atoms. The van der Waals surface area contributed by atoms with E-state index in [2.05, 4.69) is 32.0 Å². The first-order valence-corrected chi connectivity index (χ1v) is 9.60. The van der Waals surface area contributed by atoms with E-state index in [0.29, 0.717) is 23.0 Å². The number of nitrogen functional groups attached to an aromatic ring is 1. The number of nitrogens with one attached hydrogen (secondary N) is 1. The predicted molar refractivity (Wildman–Crippen MR) is 108 cm³/mol. The van der Waals surface area contributed by atoms with E-state index in [1.165, 1.54) is 6.33 Å². The number of nitrogens with zero attached hydrogens (tertiary/aromatic N) is 6. The van der Waals surface area contributed by atoms with E-state index >= 15 is 0 Å². The Kier molecular flexibility index (Phi) is 3.97. The highest BCUT2D eigenvalue weighted by Crippen LogP contribution is 2.40. The van der Waals surface area contributed by atoms with Crippen LogP contribution in [0.1, 0.15) is 37.1 Å². The van der Waals surface area contributed by atoms with Gasteiger partial charge < -0.3 is 19.9 Å². The van der Waals surface area contributed by atoms with Crippen molar-refractivity contribution in [1.29, 1.82) is 5.41 Å². The number of anilines is 2. The SMILES string of the molecule is CC1(Oc2ccc(N)c(C(=N)c3cc(N4CC(n5cnnc5)C4)ncn3)c2)CC1. The van der Waals surface area contributed by atoms with Crippen molar-refractivity contribution in [3.8, 4) is 5.75 Å². The maximum atomic E-state index is 8.66. The summed E-state index contributed by atoms with van der Waals surface area (Å²) in [5.41, 5.74) is 7.99. The van der Waals surface area contributed by atoms with Crippen LogP contribution < -0.4 is 15.4 Å². The third-order valence-electron chi connectivity index (χ3n) is 5.57. The summed E-state index contributed by atoms with van der Waals surface area (Å²) in [5.74, 6) is 1.52. The van der Waals surface area contributed by atoms with Crippen LogP contribution in [0.5, 0.6) is 5.75 Å². The Bertz CT molecular complexity index is 1050. The molecule has 1 aliphatic carbocycles. The zero-order valence-electron chi connectivity index (χ0n) is 16.1. The smallest absolute Gasteiger partial charge is 0.132 e. The average molecular weight is 390 g/mol. The third kappa shape index (κ3) is 3.39. The molecule has 0 radical (unpaired) electrons. The Morgan fingerprint density at radius 3 is 2.66 bits per heavy atom. The van der Waals surface area contributed by atoms with Gasteiger partial charge in [-0.2, -0.15) is 0 Å². The maximum absolute atomic E-state index is 8.66. The van der Waals surface area contributed by atoms with Gasteiger partial charge in [0.2, 0.25) is 0 Å². The van der Waals surface area contributed by atoms with Gasteiger partial charge in [0.15, 0.2) is 0 Å². The molecule has 2 fully saturated rings. The molecular weight excluding hydrogens is 368 g/mol. The van der Waals surface area contributed by atoms with Gasteiger partial charge in [0.25, 0.3) is 0 Å². The van der Waals surface area contributed by atoms with Crippen LogP contribution >= 0.6 is 0 Å². The summed E-state index contributed by atoms with van der Waals surface area (Å²) in [6.45, 7) is 3.71. The third-order valence-corrected chi connectivity index (χ3v) is 5.57. The zero-order chi connectivity index (χ0) is 20.0. The average Bonchev–Trinajstić information content (AvgIpc) is 3.16. The lowest BCUT2D eigenvalue weighted by Gasteiger charge is -2.40. The second-order valence-corrected chi connectivity index (χ2v) is 7.91. The molecule has 3 aromatic rings. The molecule has 0 unspecified atom stereocenters. The summed E-state index contributed by atoms with van der Waals surface area (Å²) in [6, 6.07) is 7.63. The van der Waals surface area contributed by atoms with Crippen LogP contribution in [0.4, 0.5) is 11.5 Å². The monoisotopic (exact) mass is 390 g/mol. The summed E-state index contributed by atoms with van der Waals surface area (Å²) in [4.78, 5) is 10.8. The van der Waals surface area contributed by atoms with Crippen molar-refractivity contribution in [2.45, 2.75) is 31.4 Å². The topological polar surface area (TPSA) is 119 Å². The molecule has 0 spiro atoms. The van der Waals surface area contributed by atoms with Gasteiger partial charge in [0, 0.05) is 30.4 Å². The van der Waals surface area contributed by atoms with Gasteiger partial charge in [-0.3, -0.25) is 5.41 Å². The molecular formula is C20H22N8O. The Hall–Kier alpha value is -3.49. The predicted octanol–water partition coefficient (Wildman–Crippen LogP) is 2.06. The van der Waals surface area contributed by atoms with Gasteiger partial charge in [0.05, 0.1) is 17.4 Å². The van der Waals surface area contributed by atoms with Crippen molar-refractivity contribution in [3.63, 3.8) is 0 Å². The number of benzene rings is 1. The molecule has 0 bridgehead atoms. The molecule has 9 nitrogen and oxygen atoms in total. The fourth-order valence-electron chi connectivity index (χ4n) is 3.40. The first-order valence-electron chi connectivity index (χ1n) is 9.60. The van der Waals surface area contributed by atoms with E-state index < -0.39 is 0 Å². The van der Waals surface area contributed by atoms with Crippen LogP contribution in [-0.2, 0) is 0 Å². The highest BCUT2D eigenvalue weighted by molar-refractivity contribution is 6.13. The van der Waals surface area contributed by atoms with Crippen LogP contribution in [0, 0.1) is 5.41 Å². The lowest BCUT2D eigenvalue weighted by atomic mass is 10.0. The minimum atomic E-state index is -0.0868. The molecule has 1 saturated heterocycles. The van der Waals surface area contributed by atoms with Crippen LogP contribution in [-0.4, -0.2) is 49.1 Å². The van der Waals surface area contributed by atoms with Gasteiger partial charge >= 0.3 is 0 Å². The molecule has 0 atom stereocenters. The first-order chi connectivity index (χ1) is 14.0. The second kappa shape index (κ2) is 6.54. The lowest BCUT2D eigenvalue weighted by molar-refractivity contribution is 0.200. The lowest BCUT2D eigenvalue weighted by Crippen LogP contribution is -2.48. The largest absolute Gasteiger partial charge is 0.488 e. The molecule has 9 heteroatoms. The number of nitrogens with two attached hydrogens (primary N) is 1. The summed E-state index contributed by atoms with van der Waals surface area (Å²) < 4.78 is 8.02. The molecule has 2 aromatic heterocycles. The van der Waals surface area contributed by atoms with E-state index in [9.17, 15) is 0 Å². The molecule has 3 N–H and O–H groups in total. The van der Waals surface area contributed by atoms with Crippen molar-refractivity contribution in [2.24, 2.45) is 0 Å². The quantitative estimate of drug-likeness (QED) is 0.488. The fourth-order valence-corrected chi connectivity index (χ4v) is 3.40. The van der Waals surface area contributed by atoms with E-state index in [-0.39, 0.29) is 11.3 Å².